The second-order valence-corrected chi connectivity index (χ2v) is 3.85. The lowest BCUT2D eigenvalue weighted by molar-refractivity contribution is -0.147. The van der Waals surface area contributed by atoms with Crippen molar-refractivity contribution in [2.75, 3.05) is 13.7 Å². The molecule has 1 rings (SSSR count). The minimum atomic E-state index is -1.40. The van der Waals surface area contributed by atoms with E-state index in [0.29, 0.717) is 0 Å². The maximum Gasteiger partial charge on any atom is 0.359 e. The minimum absolute atomic E-state index is 0.0211. The number of amides is 1. The van der Waals surface area contributed by atoms with E-state index in [4.69, 9.17) is 10.5 Å². The van der Waals surface area contributed by atoms with Gasteiger partial charge >= 0.3 is 11.9 Å². The van der Waals surface area contributed by atoms with E-state index in [1.807, 2.05) is 0 Å². The molecule has 0 saturated carbocycles. The Morgan fingerprint density at radius 2 is 2.11 bits per heavy atom. The lowest BCUT2D eigenvalue weighted by Gasteiger charge is -2.10. The molecule has 0 aromatic carbocycles. The first kappa shape index (κ1) is 14.0. The average molecular weight is 273 g/mol. The van der Waals surface area contributed by atoms with Gasteiger partial charge in [-0.05, 0) is 18.5 Å². The molecule has 0 spiro atoms. The molecule has 0 aliphatic rings. The first-order chi connectivity index (χ1) is 8.52. The number of primary amides is 1. The van der Waals surface area contributed by atoms with Crippen LogP contribution in [0.5, 0.6) is 0 Å². The van der Waals surface area contributed by atoms with Crippen molar-refractivity contribution in [3.05, 3.63) is 10.6 Å². The predicted octanol–water partition coefficient (Wildman–Crippen LogP) is -0.543. The molecule has 0 radical (unpaired) electrons. The fraction of sp³-hybridized carbons (Fsp3) is 0.444. The lowest BCUT2D eigenvalue weighted by Crippen LogP contribution is -2.30. The summed E-state index contributed by atoms with van der Waals surface area (Å²) in [6, 6.07) is 0. The highest BCUT2D eigenvalue weighted by Gasteiger charge is 2.35. The summed E-state index contributed by atoms with van der Waals surface area (Å²) in [5, 5.41) is 3.51. The molecular formula is C9H11N3O5S. The van der Waals surface area contributed by atoms with Crippen LogP contribution >= 0.6 is 11.5 Å². The Balaban J connectivity index is 3.15. The third-order valence-electron chi connectivity index (χ3n) is 1.96. The fourth-order valence-electron chi connectivity index (χ4n) is 1.20. The minimum Gasteiger partial charge on any atom is -0.465 e. The maximum atomic E-state index is 11.6. The van der Waals surface area contributed by atoms with Gasteiger partial charge in [0, 0.05) is 0 Å². The van der Waals surface area contributed by atoms with E-state index in [2.05, 4.69) is 14.3 Å². The summed E-state index contributed by atoms with van der Waals surface area (Å²) < 4.78 is 12.7. The van der Waals surface area contributed by atoms with Crippen molar-refractivity contribution in [1.82, 2.24) is 9.59 Å². The van der Waals surface area contributed by atoms with E-state index in [-0.39, 0.29) is 17.2 Å². The number of ether oxygens (including phenoxy) is 2. The standard InChI is InChI=1S/C9H11N3O5S/c1-3-17-8(14)4(7(10)13)6-5(9(15)16-2)11-12-18-6/h4H,3H2,1-2H3,(H2,10,13)/t4-/m0/s1. The summed E-state index contributed by atoms with van der Waals surface area (Å²) in [5.41, 5.74) is 4.92. The number of nitrogens with two attached hydrogens (primary N) is 1. The van der Waals surface area contributed by atoms with Crippen LogP contribution in [0.1, 0.15) is 28.2 Å². The fourth-order valence-corrected chi connectivity index (χ4v) is 1.94. The number of hydrogen-bond donors (Lipinski definition) is 1. The number of carbonyl (C=O) groups is 3. The largest absolute Gasteiger partial charge is 0.465 e. The summed E-state index contributed by atoms with van der Waals surface area (Å²) in [6.07, 6.45) is 0. The smallest absolute Gasteiger partial charge is 0.359 e. The van der Waals surface area contributed by atoms with E-state index in [1.54, 1.807) is 6.92 Å². The number of aromatic nitrogens is 2. The van der Waals surface area contributed by atoms with Gasteiger partial charge < -0.3 is 15.2 Å². The Morgan fingerprint density at radius 3 is 2.61 bits per heavy atom. The Labute approximate surface area is 106 Å². The molecule has 98 valence electrons. The van der Waals surface area contributed by atoms with Gasteiger partial charge in [0.2, 0.25) is 5.91 Å². The number of esters is 2. The maximum absolute atomic E-state index is 11.6. The lowest BCUT2D eigenvalue weighted by atomic mass is 10.1. The van der Waals surface area contributed by atoms with Crippen molar-refractivity contribution < 1.29 is 23.9 Å². The molecule has 0 aliphatic carbocycles. The summed E-state index contributed by atoms with van der Waals surface area (Å²) in [6.45, 7) is 1.67. The van der Waals surface area contributed by atoms with Crippen molar-refractivity contribution in [3.63, 3.8) is 0 Å². The molecule has 0 saturated heterocycles. The average Bonchev–Trinajstić information content (AvgIpc) is 2.77. The van der Waals surface area contributed by atoms with Gasteiger partial charge in [0.25, 0.3) is 0 Å². The molecule has 9 heteroatoms. The van der Waals surface area contributed by atoms with E-state index >= 15 is 0 Å². The Bertz CT molecular complexity index is 473. The third kappa shape index (κ3) is 2.80. The van der Waals surface area contributed by atoms with Crippen LogP contribution in [0.3, 0.4) is 0 Å². The van der Waals surface area contributed by atoms with E-state index in [9.17, 15) is 14.4 Å². The van der Waals surface area contributed by atoms with E-state index < -0.39 is 23.8 Å². The van der Waals surface area contributed by atoms with Gasteiger partial charge in [-0.25, -0.2) is 4.79 Å². The summed E-state index contributed by atoms with van der Waals surface area (Å²) >= 11 is 0.720. The Hall–Kier alpha value is -2.03. The van der Waals surface area contributed by atoms with Crippen molar-refractivity contribution in [1.29, 1.82) is 0 Å². The number of carbonyl (C=O) groups excluding carboxylic acids is 3. The highest BCUT2D eigenvalue weighted by molar-refractivity contribution is 7.06. The van der Waals surface area contributed by atoms with Crippen molar-refractivity contribution >= 4 is 29.4 Å². The number of hydrogen-bond acceptors (Lipinski definition) is 8. The van der Waals surface area contributed by atoms with Crippen LogP contribution in [0.15, 0.2) is 0 Å². The molecule has 1 heterocycles. The van der Waals surface area contributed by atoms with Gasteiger partial charge in [-0.1, -0.05) is 4.49 Å². The summed E-state index contributed by atoms with van der Waals surface area (Å²) in [7, 11) is 1.15. The molecule has 8 nitrogen and oxygen atoms in total. The zero-order chi connectivity index (χ0) is 13.7. The molecule has 1 atom stereocenters. The molecule has 1 amide bonds. The van der Waals surface area contributed by atoms with Crippen molar-refractivity contribution in [2.45, 2.75) is 12.8 Å². The van der Waals surface area contributed by atoms with Crippen LogP contribution in [0.2, 0.25) is 0 Å². The van der Waals surface area contributed by atoms with Gasteiger partial charge in [0.1, 0.15) is 0 Å². The summed E-state index contributed by atoms with van der Waals surface area (Å²) in [4.78, 5) is 34.3. The van der Waals surface area contributed by atoms with Crippen LogP contribution in [-0.2, 0) is 19.1 Å². The monoisotopic (exact) mass is 273 g/mol. The van der Waals surface area contributed by atoms with Gasteiger partial charge in [-0.15, -0.1) is 5.10 Å². The number of methoxy groups -OCH3 is 1. The zero-order valence-electron chi connectivity index (χ0n) is 9.71. The van der Waals surface area contributed by atoms with Gasteiger partial charge in [0.15, 0.2) is 11.6 Å². The molecular weight excluding hydrogens is 262 g/mol. The molecule has 2 N–H and O–H groups in total. The molecule has 0 unspecified atom stereocenters. The molecule has 18 heavy (non-hydrogen) atoms. The third-order valence-corrected chi connectivity index (χ3v) is 2.75. The quantitative estimate of drug-likeness (QED) is 0.564. The highest BCUT2D eigenvalue weighted by Crippen LogP contribution is 2.24. The molecule has 0 bridgehead atoms. The van der Waals surface area contributed by atoms with Gasteiger partial charge in [-0.2, -0.15) is 0 Å². The Morgan fingerprint density at radius 1 is 1.44 bits per heavy atom. The Kier molecular flexibility index (Phi) is 4.72. The second kappa shape index (κ2) is 6.05. The van der Waals surface area contributed by atoms with Gasteiger partial charge in [0.05, 0.1) is 18.6 Å². The van der Waals surface area contributed by atoms with E-state index in [0.717, 1.165) is 18.6 Å². The topological polar surface area (TPSA) is 121 Å². The van der Waals surface area contributed by atoms with Crippen LogP contribution in [-0.4, -0.2) is 41.1 Å². The number of nitrogens with zero attached hydrogens (tertiary/aromatic N) is 2. The van der Waals surface area contributed by atoms with Crippen LogP contribution in [0.4, 0.5) is 0 Å². The normalized spacial score (nSPS) is 11.7. The SMILES string of the molecule is CCOC(=O)[C@H](C(N)=O)c1snnc1C(=O)OC. The molecule has 0 aliphatic heterocycles. The molecule has 0 fully saturated rings. The zero-order valence-corrected chi connectivity index (χ0v) is 10.5. The van der Waals surface area contributed by atoms with Crippen molar-refractivity contribution in [3.8, 4) is 0 Å². The van der Waals surface area contributed by atoms with Crippen LogP contribution in [0.25, 0.3) is 0 Å². The summed E-state index contributed by atoms with van der Waals surface area (Å²) in [5.74, 6) is -3.99. The first-order valence-electron chi connectivity index (χ1n) is 4.89. The van der Waals surface area contributed by atoms with Gasteiger partial charge in [-0.3, -0.25) is 9.59 Å². The molecule has 1 aromatic heterocycles. The van der Waals surface area contributed by atoms with E-state index in [1.165, 1.54) is 0 Å². The number of rotatable bonds is 5. The molecule has 1 aromatic rings. The highest BCUT2D eigenvalue weighted by atomic mass is 32.1. The van der Waals surface area contributed by atoms with Crippen molar-refractivity contribution in [2.24, 2.45) is 5.73 Å². The van der Waals surface area contributed by atoms with Crippen LogP contribution in [0, 0.1) is 0 Å². The first-order valence-corrected chi connectivity index (χ1v) is 5.66. The predicted molar refractivity (Wildman–Crippen MR) is 59.8 cm³/mol. The van der Waals surface area contributed by atoms with Crippen LogP contribution < -0.4 is 5.73 Å². The second-order valence-electron chi connectivity index (χ2n) is 3.06.